The van der Waals surface area contributed by atoms with Crippen LogP contribution in [0, 0.1) is 11.8 Å². The van der Waals surface area contributed by atoms with Gasteiger partial charge in [0.05, 0.1) is 18.1 Å². The summed E-state index contributed by atoms with van der Waals surface area (Å²) in [5.41, 5.74) is 2.01. The van der Waals surface area contributed by atoms with E-state index in [1.807, 2.05) is 44.3 Å². The van der Waals surface area contributed by atoms with Crippen molar-refractivity contribution in [3.63, 3.8) is 0 Å². The molecule has 2 heterocycles. The molecule has 0 radical (unpaired) electrons. The van der Waals surface area contributed by atoms with Gasteiger partial charge in [-0.05, 0) is 55.0 Å². The average molecular weight is 513 g/mol. The number of anilines is 1. The summed E-state index contributed by atoms with van der Waals surface area (Å²) in [6.45, 7) is 13.3. The minimum atomic E-state index is -0.769. The van der Waals surface area contributed by atoms with Crippen molar-refractivity contribution in [1.82, 2.24) is 0 Å². The molecule has 0 aliphatic carbocycles. The third-order valence-corrected chi connectivity index (χ3v) is 7.73. The highest BCUT2D eigenvalue weighted by Gasteiger charge is 2.59. The highest BCUT2D eigenvalue weighted by Crippen LogP contribution is 2.55. The lowest BCUT2D eigenvalue weighted by atomic mass is 9.77. The van der Waals surface area contributed by atoms with Crippen molar-refractivity contribution in [3.8, 4) is 11.5 Å². The van der Waals surface area contributed by atoms with Crippen LogP contribution in [0.4, 0.5) is 11.4 Å². The van der Waals surface area contributed by atoms with Crippen LogP contribution >= 0.6 is 0 Å². The van der Waals surface area contributed by atoms with Crippen molar-refractivity contribution >= 4 is 40.1 Å². The maximum atomic E-state index is 12.4. The summed E-state index contributed by atoms with van der Waals surface area (Å²) in [6, 6.07) is 18.0. The Balaban J connectivity index is 1.49. The second-order valence-corrected chi connectivity index (χ2v) is 11.6. The maximum Gasteiger partial charge on any atom is 0.311 e. The second-order valence-electron chi connectivity index (χ2n) is 11.6. The van der Waals surface area contributed by atoms with Crippen LogP contribution in [-0.4, -0.2) is 30.2 Å². The number of ether oxygens (including phenoxy) is 2. The second kappa shape index (κ2) is 9.57. The Morgan fingerprint density at radius 2 is 1.74 bits per heavy atom. The maximum absolute atomic E-state index is 12.4. The van der Waals surface area contributed by atoms with Gasteiger partial charge < -0.3 is 14.4 Å². The van der Waals surface area contributed by atoms with Crippen LogP contribution in [-0.2, 0) is 15.0 Å². The normalized spacial score (nSPS) is 19.1. The Bertz CT molecular complexity index is 1440. The van der Waals surface area contributed by atoms with Crippen LogP contribution in [0.5, 0.6) is 11.5 Å². The van der Waals surface area contributed by atoms with Crippen LogP contribution in [0.1, 0.15) is 59.9 Å². The molecule has 0 N–H and O–H groups in total. The van der Waals surface area contributed by atoms with Gasteiger partial charge in [0.2, 0.25) is 5.72 Å². The fourth-order valence-electron chi connectivity index (χ4n) is 5.54. The van der Waals surface area contributed by atoms with Gasteiger partial charge in [-0.1, -0.05) is 58.0 Å². The van der Waals surface area contributed by atoms with E-state index >= 15 is 0 Å². The lowest BCUT2D eigenvalue weighted by Crippen LogP contribution is -2.62. The van der Waals surface area contributed by atoms with E-state index in [2.05, 4.69) is 56.9 Å². The number of esters is 1. The first-order valence-corrected chi connectivity index (χ1v) is 13.4. The standard InChI is InChI=1S/C32H36N2O4/c1-20(2)18-34-26-10-8-7-9-25(26)31(5,6)32(34)19-33-30-24-17-23(13-11-22(24)12-15-28(30)38-32)37-29(36)16-14-27(35)21(3)4/h7-13,15,17,19-21H,14,16,18H2,1-6H3. The molecule has 0 fully saturated rings. The number of hydrogen-bond donors (Lipinski definition) is 0. The molecule has 0 aromatic heterocycles. The number of carbonyl (C=O) groups excluding carboxylic acids is 2. The molecule has 3 aromatic rings. The summed E-state index contributed by atoms with van der Waals surface area (Å²) in [7, 11) is 0. The zero-order chi connectivity index (χ0) is 27.2. The van der Waals surface area contributed by atoms with Crippen LogP contribution in [0.15, 0.2) is 59.6 Å². The molecule has 1 spiro atoms. The van der Waals surface area contributed by atoms with Crippen molar-refractivity contribution < 1.29 is 19.1 Å². The lowest BCUT2D eigenvalue weighted by Gasteiger charge is -2.46. The summed E-state index contributed by atoms with van der Waals surface area (Å²) < 4.78 is 12.5. The molecule has 2 aliphatic heterocycles. The Kier molecular flexibility index (Phi) is 6.54. The lowest BCUT2D eigenvalue weighted by molar-refractivity contribution is -0.136. The molecule has 6 heteroatoms. The molecule has 38 heavy (non-hydrogen) atoms. The molecule has 3 aromatic carbocycles. The minimum absolute atomic E-state index is 0.0541. The largest absolute Gasteiger partial charge is 0.459 e. The van der Waals surface area contributed by atoms with Crippen molar-refractivity contribution in [2.45, 2.75) is 65.5 Å². The number of para-hydroxylation sites is 1. The zero-order valence-electron chi connectivity index (χ0n) is 23.1. The van der Waals surface area contributed by atoms with E-state index < -0.39 is 11.7 Å². The molecule has 2 aliphatic rings. The van der Waals surface area contributed by atoms with E-state index in [4.69, 9.17) is 14.5 Å². The number of hydrogen-bond acceptors (Lipinski definition) is 6. The monoisotopic (exact) mass is 512 g/mol. The van der Waals surface area contributed by atoms with Crippen molar-refractivity contribution in [2.75, 3.05) is 11.4 Å². The molecular formula is C32H36N2O4. The first-order chi connectivity index (χ1) is 18.0. The quantitative estimate of drug-likeness (QED) is 0.252. The molecule has 0 amide bonds. The first kappa shape index (κ1) is 26.0. The molecule has 0 bridgehead atoms. The molecular weight excluding hydrogens is 476 g/mol. The summed E-state index contributed by atoms with van der Waals surface area (Å²) in [5, 5.41) is 1.82. The molecule has 5 rings (SSSR count). The number of rotatable bonds is 7. The number of carbonyl (C=O) groups is 2. The van der Waals surface area contributed by atoms with Gasteiger partial charge in [-0.3, -0.25) is 14.6 Å². The molecule has 1 unspecified atom stereocenters. The summed E-state index contributed by atoms with van der Waals surface area (Å²) in [5.74, 6) is 1.09. The third-order valence-electron chi connectivity index (χ3n) is 7.73. The van der Waals surface area contributed by atoms with E-state index in [0.717, 1.165) is 23.0 Å². The van der Waals surface area contributed by atoms with E-state index in [0.29, 0.717) is 17.4 Å². The van der Waals surface area contributed by atoms with E-state index in [9.17, 15) is 9.59 Å². The third kappa shape index (κ3) is 4.26. The fourth-order valence-corrected chi connectivity index (χ4v) is 5.54. The SMILES string of the molecule is CC(C)CN1c2ccccc2C(C)(C)C12C=Nc1c(ccc3ccc(OC(=O)CCC(=O)C(C)C)cc13)O2. The first-order valence-electron chi connectivity index (χ1n) is 13.4. The van der Waals surface area contributed by atoms with Crippen LogP contribution in [0.2, 0.25) is 0 Å². The highest BCUT2D eigenvalue weighted by atomic mass is 16.5. The van der Waals surface area contributed by atoms with E-state index in [1.54, 1.807) is 6.07 Å². The number of Topliss-reactive ketones (excluding diaryl/α,β-unsaturated/α-hetero) is 1. The number of aliphatic imine (C=N–C) groups is 1. The Morgan fingerprint density at radius 1 is 1.00 bits per heavy atom. The van der Waals surface area contributed by atoms with Crippen LogP contribution in [0.3, 0.4) is 0 Å². The van der Waals surface area contributed by atoms with E-state index in [1.165, 1.54) is 11.3 Å². The Labute approximate surface area is 224 Å². The number of benzene rings is 3. The summed E-state index contributed by atoms with van der Waals surface area (Å²) >= 11 is 0. The van der Waals surface area contributed by atoms with Crippen molar-refractivity contribution in [2.24, 2.45) is 16.8 Å². The Morgan fingerprint density at radius 3 is 2.47 bits per heavy atom. The van der Waals surface area contributed by atoms with Crippen LogP contribution in [0.25, 0.3) is 10.8 Å². The van der Waals surface area contributed by atoms with Gasteiger partial charge in [0.15, 0.2) is 0 Å². The van der Waals surface area contributed by atoms with E-state index in [-0.39, 0.29) is 30.0 Å². The molecule has 198 valence electrons. The van der Waals surface area contributed by atoms with Gasteiger partial charge in [0.1, 0.15) is 23.0 Å². The zero-order valence-corrected chi connectivity index (χ0v) is 23.1. The summed E-state index contributed by atoms with van der Waals surface area (Å²) in [6.07, 6.45) is 2.20. The highest BCUT2D eigenvalue weighted by molar-refractivity contribution is 6.00. The average Bonchev–Trinajstić information content (AvgIpc) is 3.05. The smallest absolute Gasteiger partial charge is 0.311 e. The molecule has 0 saturated heterocycles. The Hall–Kier alpha value is -3.67. The molecule has 6 nitrogen and oxygen atoms in total. The predicted molar refractivity (Wildman–Crippen MR) is 152 cm³/mol. The van der Waals surface area contributed by atoms with Gasteiger partial charge in [0, 0.05) is 30.0 Å². The van der Waals surface area contributed by atoms with Crippen molar-refractivity contribution in [3.05, 3.63) is 60.2 Å². The topological polar surface area (TPSA) is 68.2 Å². The van der Waals surface area contributed by atoms with Gasteiger partial charge in [-0.15, -0.1) is 0 Å². The van der Waals surface area contributed by atoms with Crippen molar-refractivity contribution in [1.29, 1.82) is 0 Å². The summed E-state index contributed by atoms with van der Waals surface area (Å²) in [4.78, 5) is 31.7. The number of nitrogens with zero attached hydrogens (tertiary/aromatic N) is 2. The molecule has 1 atom stereocenters. The number of ketones is 1. The van der Waals surface area contributed by atoms with Gasteiger partial charge >= 0.3 is 5.97 Å². The van der Waals surface area contributed by atoms with Gasteiger partial charge in [0.25, 0.3) is 0 Å². The van der Waals surface area contributed by atoms with Gasteiger partial charge in [-0.2, -0.15) is 0 Å². The number of fused-ring (bicyclic) bond motifs is 4. The van der Waals surface area contributed by atoms with Gasteiger partial charge in [-0.25, -0.2) is 0 Å². The fraction of sp³-hybridized carbons (Fsp3) is 0.406. The minimum Gasteiger partial charge on any atom is -0.459 e. The van der Waals surface area contributed by atoms with Crippen LogP contribution < -0.4 is 14.4 Å². The molecule has 0 saturated carbocycles. The predicted octanol–water partition coefficient (Wildman–Crippen LogP) is 7.00.